The van der Waals surface area contributed by atoms with Gasteiger partial charge in [-0.25, -0.2) is 9.97 Å². The van der Waals surface area contributed by atoms with Crippen LogP contribution in [0.4, 0.5) is 0 Å². The van der Waals surface area contributed by atoms with Crippen molar-refractivity contribution >= 4 is 44.1 Å². The Morgan fingerprint density at radius 2 is 0.727 bits per heavy atom. The second-order valence-corrected chi connectivity index (χ2v) is 10.7. The van der Waals surface area contributed by atoms with Gasteiger partial charge in [-0.3, -0.25) is 0 Å². The fourth-order valence-corrected chi connectivity index (χ4v) is 5.88. The van der Waals surface area contributed by atoms with Gasteiger partial charge < -0.3 is 8.83 Å². The van der Waals surface area contributed by atoms with E-state index in [-0.39, 0.29) is 0 Å². The van der Waals surface area contributed by atoms with E-state index >= 15 is 0 Å². The molecule has 0 amide bonds. The predicted molar refractivity (Wildman–Crippen MR) is 174 cm³/mol. The first-order valence-corrected chi connectivity index (χ1v) is 14.4. The third-order valence-electron chi connectivity index (χ3n) is 7.97. The van der Waals surface area contributed by atoms with Gasteiger partial charge in [-0.2, -0.15) is 9.97 Å². The molecule has 9 aromatic rings. The van der Waals surface area contributed by atoms with Crippen LogP contribution in [0.2, 0.25) is 0 Å². The molecule has 5 aromatic carbocycles. The number of rotatable bonds is 4. The molecule has 0 N–H and O–H groups in total. The van der Waals surface area contributed by atoms with Crippen LogP contribution in [0.25, 0.3) is 89.4 Å². The van der Waals surface area contributed by atoms with Gasteiger partial charge in [0.2, 0.25) is 11.4 Å². The van der Waals surface area contributed by atoms with Crippen molar-refractivity contribution in [3.63, 3.8) is 0 Å². The molecule has 6 heteroatoms. The van der Waals surface area contributed by atoms with Gasteiger partial charge in [-0.05, 0) is 12.1 Å². The van der Waals surface area contributed by atoms with Crippen molar-refractivity contribution in [1.82, 2.24) is 19.9 Å². The molecule has 0 aliphatic carbocycles. The van der Waals surface area contributed by atoms with Crippen LogP contribution in [0.1, 0.15) is 0 Å². The maximum atomic E-state index is 6.21. The third kappa shape index (κ3) is 3.89. The highest BCUT2D eigenvalue weighted by atomic mass is 16.3. The number of aromatic nitrogens is 4. The second-order valence-electron chi connectivity index (χ2n) is 10.7. The Morgan fingerprint density at radius 3 is 1.16 bits per heavy atom. The van der Waals surface area contributed by atoms with Crippen molar-refractivity contribution < 1.29 is 8.83 Å². The van der Waals surface area contributed by atoms with Gasteiger partial charge in [0.15, 0.2) is 11.6 Å². The molecule has 0 unspecified atom stereocenters. The van der Waals surface area contributed by atoms with E-state index in [9.17, 15) is 0 Å². The standard InChI is InChI=1S/C38H22N4O2/c1-3-11-23(12-4-1)33-31-27-15-7-9-17-29(27)43-37(31)41-35(39-33)25-19-21-26(22-20-25)36-40-34(24-13-5-2-6-14-24)32-28-16-8-10-18-30(28)44-38(32)42-36/h1-22H. The molecule has 9 rings (SSSR count). The number of nitrogens with zero attached hydrogens (tertiary/aromatic N) is 4. The average molecular weight is 567 g/mol. The highest BCUT2D eigenvalue weighted by molar-refractivity contribution is 6.11. The lowest BCUT2D eigenvalue weighted by atomic mass is 10.0. The Hall–Kier alpha value is -6.14. The molecule has 0 radical (unpaired) electrons. The van der Waals surface area contributed by atoms with E-state index in [1.54, 1.807) is 0 Å². The lowest BCUT2D eigenvalue weighted by Gasteiger charge is -2.08. The third-order valence-corrected chi connectivity index (χ3v) is 7.97. The number of hydrogen-bond donors (Lipinski definition) is 0. The molecular weight excluding hydrogens is 544 g/mol. The van der Waals surface area contributed by atoms with Crippen LogP contribution < -0.4 is 0 Å². The van der Waals surface area contributed by atoms with E-state index in [1.165, 1.54) is 0 Å². The maximum absolute atomic E-state index is 6.21. The topological polar surface area (TPSA) is 77.8 Å². The van der Waals surface area contributed by atoms with Crippen molar-refractivity contribution in [3.05, 3.63) is 133 Å². The predicted octanol–water partition coefficient (Wildman–Crippen LogP) is 9.73. The van der Waals surface area contributed by atoms with Crippen LogP contribution in [0.15, 0.2) is 142 Å². The van der Waals surface area contributed by atoms with Crippen molar-refractivity contribution in [1.29, 1.82) is 0 Å². The quantitative estimate of drug-likeness (QED) is 0.211. The number of furan rings is 2. The SMILES string of the molecule is c1ccc(-c2nc(-c3ccc(-c4nc(-c5ccccc5)c5c(n4)oc4ccccc45)cc3)nc3oc4ccccc4c23)cc1. The van der Waals surface area contributed by atoms with Gasteiger partial charge in [-0.1, -0.05) is 121 Å². The number of benzene rings is 5. The van der Waals surface area contributed by atoms with Crippen molar-refractivity contribution in [3.8, 4) is 45.3 Å². The molecule has 0 aliphatic heterocycles. The molecule has 0 bridgehead atoms. The molecule has 44 heavy (non-hydrogen) atoms. The Bertz CT molecular complexity index is 2310. The Balaban J connectivity index is 1.19. The summed E-state index contributed by atoms with van der Waals surface area (Å²) in [6, 6.07) is 44.3. The van der Waals surface area contributed by atoms with Crippen molar-refractivity contribution in [2.24, 2.45) is 0 Å². The highest BCUT2D eigenvalue weighted by Crippen LogP contribution is 2.38. The van der Waals surface area contributed by atoms with Crippen LogP contribution in [0, 0.1) is 0 Å². The molecule has 6 nitrogen and oxygen atoms in total. The fourth-order valence-electron chi connectivity index (χ4n) is 5.88. The van der Waals surface area contributed by atoms with Gasteiger partial charge in [0.1, 0.15) is 11.2 Å². The molecule has 4 aromatic heterocycles. The first-order chi connectivity index (χ1) is 21.8. The largest absolute Gasteiger partial charge is 0.438 e. The molecule has 206 valence electrons. The van der Waals surface area contributed by atoms with Crippen LogP contribution in [-0.2, 0) is 0 Å². The van der Waals surface area contributed by atoms with Crippen molar-refractivity contribution in [2.45, 2.75) is 0 Å². The lowest BCUT2D eigenvalue weighted by Crippen LogP contribution is -1.95. The maximum Gasteiger partial charge on any atom is 0.231 e. The van der Waals surface area contributed by atoms with Gasteiger partial charge in [-0.15, -0.1) is 0 Å². The molecule has 0 spiro atoms. The molecule has 0 aliphatic rings. The number of para-hydroxylation sites is 2. The number of fused-ring (bicyclic) bond motifs is 6. The second kappa shape index (κ2) is 9.71. The summed E-state index contributed by atoms with van der Waals surface area (Å²) in [5, 5.41) is 3.81. The molecule has 0 saturated heterocycles. The first-order valence-electron chi connectivity index (χ1n) is 14.4. The van der Waals surface area contributed by atoms with E-state index in [1.807, 2.05) is 109 Å². The zero-order valence-corrected chi connectivity index (χ0v) is 23.3. The minimum atomic E-state index is 0.560. The lowest BCUT2D eigenvalue weighted by molar-refractivity contribution is 0.653. The summed E-state index contributed by atoms with van der Waals surface area (Å²) < 4.78 is 12.4. The van der Waals surface area contributed by atoms with E-state index in [4.69, 9.17) is 28.8 Å². The molecule has 0 atom stereocenters. The van der Waals surface area contributed by atoms with E-state index < -0.39 is 0 Å². The fraction of sp³-hybridized carbons (Fsp3) is 0. The first kappa shape index (κ1) is 24.5. The van der Waals surface area contributed by atoms with Crippen LogP contribution in [0.3, 0.4) is 0 Å². The molecule has 4 heterocycles. The van der Waals surface area contributed by atoms with Crippen LogP contribution in [-0.4, -0.2) is 19.9 Å². The van der Waals surface area contributed by atoms with Gasteiger partial charge in [0.05, 0.1) is 22.2 Å². The monoisotopic (exact) mass is 566 g/mol. The summed E-state index contributed by atoms with van der Waals surface area (Å²) in [6.07, 6.45) is 0. The molecule has 0 saturated carbocycles. The summed E-state index contributed by atoms with van der Waals surface area (Å²) in [5.74, 6) is 1.17. The molecular formula is C38H22N4O2. The minimum absolute atomic E-state index is 0.560. The Kier molecular flexibility index (Phi) is 5.40. The van der Waals surface area contributed by atoms with Gasteiger partial charge in [0, 0.05) is 33.0 Å². The smallest absolute Gasteiger partial charge is 0.231 e. The summed E-state index contributed by atoms with van der Waals surface area (Å²) in [4.78, 5) is 19.9. The summed E-state index contributed by atoms with van der Waals surface area (Å²) in [7, 11) is 0. The van der Waals surface area contributed by atoms with Crippen molar-refractivity contribution in [2.75, 3.05) is 0 Å². The van der Waals surface area contributed by atoms with Gasteiger partial charge in [0.25, 0.3) is 0 Å². The average Bonchev–Trinajstić information content (AvgIpc) is 3.67. The minimum Gasteiger partial charge on any atom is -0.438 e. The Labute approximate surface area is 251 Å². The highest BCUT2D eigenvalue weighted by Gasteiger charge is 2.20. The van der Waals surface area contributed by atoms with E-state index in [2.05, 4.69) is 24.3 Å². The van der Waals surface area contributed by atoms with Gasteiger partial charge >= 0.3 is 0 Å². The van der Waals surface area contributed by atoms with E-state index in [0.717, 1.165) is 66.4 Å². The summed E-state index contributed by atoms with van der Waals surface area (Å²) in [6.45, 7) is 0. The van der Waals surface area contributed by atoms with E-state index in [0.29, 0.717) is 23.1 Å². The zero-order chi connectivity index (χ0) is 29.0. The summed E-state index contributed by atoms with van der Waals surface area (Å²) in [5.41, 5.74) is 8.10. The number of hydrogen-bond acceptors (Lipinski definition) is 6. The zero-order valence-electron chi connectivity index (χ0n) is 23.3. The van der Waals surface area contributed by atoms with Crippen LogP contribution >= 0.6 is 0 Å². The Morgan fingerprint density at radius 1 is 0.341 bits per heavy atom. The normalized spacial score (nSPS) is 11.6. The van der Waals surface area contributed by atoms with Crippen LogP contribution in [0.5, 0.6) is 0 Å². The molecule has 0 fully saturated rings. The summed E-state index contributed by atoms with van der Waals surface area (Å²) >= 11 is 0.